The molecule has 1 aromatic carbocycles. The first-order valence-electron chi connectivity index (χ1n) is 7.00. The van der Waals surface area contributed by atoms with Gasteiger partial charge in [-0.05, 0) is 59.8 Å². The number of carboxylic acids is 1. The van der Waals surface area contributed by atoms with Gasteiger partial charge in [-0.25, -0.2) is 0 Å². The highest BCUT2D eigenvalue weighted by Gasteiger charge is 2.28. The van der Waals surface area contributed by atoms with Gasteiger partial charge in [-0.2, -0.15) is 0 Å². The van der Waals surface area contributed by atoms with Crippen LogP contribution < -0.4 is 0 Å². The van der Waals surface area contributed by atoms with Gasteiger partial charge in [-0.3, -0.25) is 9.59 Å². The number of benzene rings is 1. The van der Waals surface area contributed by atoms with Gasteiger partial charge >= 0.3 is 5.97 Å². The lowest BCUT2D eigenvalue weighted by Gasteiger charge is -2.35. The van der Waals surface area contributed by atoms with Crippen LogP contribution in [0.3, 0.4) is 0 Å². The van der Waals surface area contributed by atoms with Gasteiger partial charge in [0.1, 0.15) is 5.75 Å². The molecule has 1 fully saturated rings. The molecule has 1 heterocycles. The fourth-order valence-corrected chi connectivity index (χ4v) is 2.92. The average molecular weight is 356 g/mol. The second kappa shape index (κ2) is 6.93. The number of aromatic hydroxyl groups is 1. The number of likely N-dealkylation sites (tertiary alicyclic amines) is 1. The van der Waals surface area contributed by atoms with Crippen molar-refractivity contribution in [1.82, 2.24) is 4.90 Å². The second-order valence-electron chi connectivity index (χ2n) is 5.25. The Morgan fingerprint density at radius 3 is 2.76 bits per heavy atom. The summed E-state index contributed by atoms with van der Waals surface area (Å²) >= 11 is 3.19. The van der Waals surface area contributed by atoms with Gasteiger partial charge in [0, 0.05) is 24.6 Å². The molecule has 2 rings (SSSR count). The number of carboxylic acid groups (broad SMARTS) is 1. The Morgan fingerprint density at radius 2 is 2.10 bits per heavy atom. The molecule has 0 aliphatic carbocycles. The third kappa shape index (κ3) is 3.97. The highest BCUT2D eigenvalue weighted by atomic mass is 79.9. The number of hydrogen-bond donors (Lipinski definition) is 2. The maximum absolute atomic E-state index is 12.6. The Hall–Kier alpha value is -1.56. The summed E-state index contributed by atoms with van der Waals surface area (Å²) in [5, 5.41) is 18.5. The van der Waals surface area contributed by atoms with Crippen molar-refractivity contribution in [3.05, 3.63) is 28.2 Å². The third-order valence-electron chi connectivity index (χ3n) is 3.77. The summed E-state index contributed by atoms with van der Waals surface area (Å²) in [5.41, 5.74) is 0.429. The first kappa shape index (κ1) is 15.8. The smallest absolute Gasteiger partial charge is 0.303 e. The predicted molar refractivity (Wildman–Crippen MR) is 81.4 cm³/mol. The molecule has 1 aromatic rings. The summed E-state index contributed by atoms with van der Waals surface area (Å²) in [6.45, 7) is 0.639. The van der Waals surface area contributed by atoms with E-state index >= 15 is 0 Å². The van der Waals surface area contributed by atoms with Gasteiger partial charge in [0.05, 0.1) is 4.47 Å². The SMILES string of the molecule is O=C(O)CCC1CCCCN1C(=O)c1ccc(Br)c(O)c1. The number of phenolic OH excluding ortho intramolecular Hbond substituents is 1. The fourth-order valence-electron chi connectivity index (χ4n) is 2.67. The maximum atomic E-state index is 12.6. The van der Waals surface area contributed by atoms with E-state index in [1.54, 1.807) is 17.0 Å². The number of nitrogens with zero attached hydrogens (tertiary/aromatic N) is 1. The second-order valence-corrected chi connectivity index (χ2v) is 6.10. The van der Waals surface area contributed by atoms with E-state index in [0.29, 0.717) is 23.0 Å². The number of aliphatic carboxylic acids is 1. The van der Waals surface area contributed by atoms with Crippen LogP contribution in [0.1, 0.15) is 42.5 Å². The van der Waals surface area contributed by atoms with Crippen LogP contribution in [0.15, 0.2) is 22.7 Å². The van der Waals surface area contributed by atoms with Crippen molar-refractivity contribution in [3.8, 4) is 5.75 Å². The lowest BCUT2D eigenvalue weighted by molar-refractivity contribution is -0.137. The molecule has 1 amide bonds. The van der Waals surface area contributed by atoms with E-state index in [2.05, 4.69) is 15.9 Å². The summed E-state index contributed by atoms with van der Waals surface area (Å²) in [6.07, 6.45) is 3.32. The zero-order valence-electron chi connectivity index (χ0n) is 11.6. The number of piperidine rings is 1. The zero-order chi connectivity index (χ0) is 15.4. The number of carbonyl (C=O) groups is 2. The minimum Gasteiger partial charge on any atom is -0.507 e. The van der Waals surface area contributed by atoms with Crippen LogP contribution in [0.2, 0.25) is 0 Å². The molecular weight excluding hydrogens is 338 g/mol. The number of carbonyl (C=O) groups excluding carboxylic acids is 1. The summed E-state index contributed by atoms with van der Waals surface area (Å²) in [6, 6.07) is 4.71. The van der Waals surface area contributed by atoms with Gasteiger partial charge < -0.3 is 15.1 Å². The normalized spacial score (nSPS) is 18.5. The van der Waals surface area contributed by atoms with Crippen molar-refractivity contribution >= 4 is 27.8 Å². The molecule has 1 aliphatic heterocycles. The molecule has 1 saturated heterocycles. The number of rotatable bonds is 4. The number of phenols is 1. The molecule has 114 valence electrons. The molecule has 1 unspecified atom stereocenters. The quantitative estimate of drug-likeness (QED) is 0.869. The van der Waals surface area contributed by atoms with Crippen molar-refractivity contribution in [2.75, 3.05) is 6.54 Å². The molecule has 6 heteroatoms. The summed E-state index contributed by atoms with van der Waals surface area (Å²) in [7, 11) is 0. The Morgan fingerprint density at radius 1 is 1.33 bits per heavy atom. The molecule has 0 saturated carbocycles. The minimum absolute atomic E-state index is 0.0277. The first-order chi connectivity index (χ1) is 9.99. The van der Waals surface area contributed by atoms with Gasteiger partial charge in [0.2, 0.25) is 0 Å². The predicted octanol–water partition coefficient (Wildman–Crippen LogP) is 3.01. The van der Waals surface area contributed by atoms with Crippen molar-refractivity contribution < 1.29 is 19.8 Å². The molecular formula is C15H18BrNO4. The lowest BCUT2D eigenvalue weighted by atomic mass is 9.97. The average Bonchev–Trinajstić information content (AvgIpc) is 2.47. The minimum atomic E-state index is -0.839. The highest BCUT2D eigenvalue weighted by molar-refractivity contribution is 9.10. The number of hydrogen-bond acceptors (Lipinski definition) is 3. The largest absolute Gasteiger partial charge is 0.507 e. The molecule has 5 nitrogen and oxygen atoms in total. The number of amides is 1. The molecule has 21 heavy (non-hydrogen) atoms. The van der Waals surface area contributed by atoms with Gasteiger partial charge in [-0.1, -0.05) is 0 Å². The Labute approximate surface area is 131 Å². The highest BCUT2D eigenvalue weighted by Crippen LogP contribution is 2.27. The fraction of sp³-hybridized carbons (Fsp3) is 0.467. The van der Waals surface area contributed by atoms with E-state index in [-0.39, 0.29) is 24.1 Å². The van der Waals surface area contributed by atoms with E-state index in [4.69, 9.17) is 5.11 Å². The molecule has 0 bridgehead atoms. The zero-order valence-corrected chi connectivity index (χ0v) is 13.2. The van der Waals surface area contributed by atoms with Crippen LogP contribution in [0.25, 0.3) is 0 Å². The van der Waals surface area contributed by atoms with Crippen LogP contribution in [0.4, 0.5) is 0 Å². The summed E-state index contributed by atoms with van der Waals surface area (Å²) in [5.74, 6) is -0.956. The van der Waals surface area contributed by atoms with Crippen molar-refractivity contribution in [3.63, 3.8) is 0 Å². The van der Waals surface area contributed by atoms with Gasteiger partial charge in [0.25, 0.3) is 5.91 Å². The van der Waals surface area contributed by atoms with Gasteiger partial charge in [-0.15, -0.1) is 0 Å². The Bertz CT molecular complexity index is 546. The van der Waals surface area contributed by atoms with Crippen molar-refractivity contribution in [2.24, 2.45) is 0 Å². The van der Waals surface area contributed by atoms with E-state index in [1.807, 2.05) is 0 Å². The molecule has 0 aromatic heterocycles. The molecule has 2 N–H and O–H groups in total. The molecule has 0 radical (unpaired) electrons. The van der Waals surface area contributed by atoms with Crippen molar-refractivity contribution in [2.45, 2.75) is 38.1 Å². The topological polar surface area (TPSA) is 77.8 Å². The summed E-state index contributed by atoms with van der Waals surface area (Å²) < 4.78 is 0.542. The number of halogens is 1. The van der Waals surface area contributed by atoms with Crippen LogP contribution in [-0.2, 0) is 4.79 Å². The Kier molecular flexibility index (Phi) is 5.22. The van der Waals surface area contributed by atoms with Crippen LogP contribution in [0, 0.1) is 0 Å². The standard InChI is InChI=1S/C15H18BrNO4/c16-12-6-4-10(9-13(12)18)15(21)17-8-2-1-3-11(17)5-7-14(19)20/h4,6,9,11,18H,1-3,5,7-8H2,(H,19,20). The van der Waals surface area contributed by atoms with E-state index in [0.717, 1.165) is 19.3 Å². The van der Waals surface area contributed by atoms with E-state index < -0.39 is 5.97 Å². The maximum Gasteiger partial charge on any atom is 0.303 e. The summed E-state index contributed by atoms with van der Waals surface area (Å²) in [4.78, 5) is 25.0. The van der Waals surface area contributed by atoms with Gasteiger partial charge in [0.15, 0.2) is 0 Å². The van der Waals surface area contributed by atoms with E-state index in [1.165, 1.54) is 6.07 Å². The molecule has 1 atom stereocenters. The van der Waals surface area contributed by atoms with Crippen LogP contribution in [0.5, 0.6) is 5.75 Å². The molecule has 1 aliphatic rings. The van der Waals surface area contributed by atoms with E-state index in [9.17, 15) is 14.7 Å². The van der Waals surface area contributed by atoms with Crippen molar-refractivity contribution in [1.29, 1.82) is 0 Å². The molecule has 0 spiro atoms. The van der Waals surface area contributed by atoms with Crippen LogP contribution >= 0.6 is 15.9 Å². The Balaban J connectivity index is 2.13. The first-order valence-corrected chi connectivity index (χ1v) is 7.79. The monoisotopic (exact) mass is 355 g/mol. The van der Waals surface area contributed by atoms with Crippen LogP contribution in [-0.4, -0.2) is 39.6 Å². The lowest BCUT2D eigenvalue weighted by Crippen LogP contribution is -2.43. The third-order valence-corrected chi connectivity index (χ3v) is 4.44.